The van der Waals surface area contributed by atoms with E-state index in [2.05, 4.69) is 17.6 Å². The molecule has 0 fully saturated rings. The van der Waals surface area contributed by atoms with E-state index in [-0.39, 0.29) is 5.91 Å². The van der Waals surface area contributed by atoms with Gasteiger partial charge in [-0.05, 0) is 43.8 Å². The van der Waals surface area contributed by atoms with E-state index in [4.69, 9.17) is 4.42 Å². The predicted molar refractivity (Wildman–Crippen MR) is 70.6 cm³/mol. The standard InChI is InChI=1S/C14H16N2O2/c1-10(15-2)11-5-7-12(8-6-11)16-14(17)13-4-3-9-18-13/h3-10,15H,1-2H3,(H,16,17). The second-order valence-electron chi connectivity index (χ2n) is 4.06. The van der Waals surface area contributed by atoms with Gasteiger partial charge in [-0.1, -0.05) is 12.1 Å². The van der Waals surface area contributed by atoms with Gasteiger partial charge in [0, 0.05) is 11.7 Å². The molecule has 0 saturated heterocycles. The Kier molecular flexibility index (Phi) is 3.79. The lowest BCUT2D eigenvalue weighted by atomic mass is 10.1. The molecule has 1 amide bonds. The first-order valence-electron chi connectivity index (χ1n) is 5.83. The average Bonchev–Trinajstić information content (AvgIpc) is 2.92. The highest BCUT2D eigenvalue weighted by atomic mass is 16.3. The summed E-state index contributed by atoms with van der Waals surface area (Å²) in [5, 5.41) is 5.94. The Bertz CT molecular complexity index is 503. The molecule has 94 valence electrons. The molecule has 4 nitrogen and oxygen atoms in total. The molecule has 2 aromatic rings. The Morgan fingerprint density at radius 2 is 1.94 bits per heavy atom. The van der Waals surface area contributed by atoms with E-state index in [1.807, 2.05) is 31.3 Å². The van der Waals surface area contributed by atoms with Crippen molar-refractivity contribution < 1.29 is 9.21 Å². The highest BCUT2D eigenvalue weighted by Crippen LogP contribution is 2.16. The third-order valence-electron chi connectivity index (χ3n) is 2.85. The lowest BCUT2D eigenvalue weighted by Gasteiger charge is -2.11. The summed E-state index contributed by atoms with van der Waals surface area (Å²) in [6.07, 6.45) is 1.48. The number of amides is 1. The number of rotatable bonds is 4. The van der Waals surface area contributed by atoms with Gasteiger partial charge in [-0.15, -0.1) is 0 Å². The largest absolute Gasteiger partial charge is 0.459 e. The molecule has 2 rings (SSSR count). The molecule has 1 aromatic carbocycles. The summed E-state index contributed by atoms with van der Waals surface area (Å²) in [7, 11) is 1.91. The Labute approximate surface area is 106 Å². The fourth-order valence-electron chi connectivity index (χ4n) is 1.62. The minimum absolute atomic E-state index is 0.241. The number of furan rings is 1. The van der Waals surface area contributed by atoms with Gasteiger partial charge in [0.05, 0.1) is 6.26 Å². The molecule has 1 unspecified atom stereocenters. The maximum Gasteiger partial charge on any atom is 0.291 e. The molecule has 1 heterocycles. The maximum absolute atomic E-state index is 11.7. The van der Waals surface area contributed by atoms with Crippen LogP contribution in [0.5, 0.6) is 0 Å². The maximum atomic E-state index is 11.7. The first-order valence-corrected chi connectivity index (χ1v) is 5.83. The van der Waals surface area contributed by atoms with Gasteiger partial charge in [0.15, 0.2) is 5.76 Å². The highest BCUT2D eigenvalue weighted by Gasteiger charge is 2.08. The Morgan fingerprint density at radius 1 is 1.22 bits per heavy atom. The van der Waals surface area contributed by atoms with Crippen LogP contribution in [-0.2, 0) is 0 Å². The molecule has 0 aliphatic rings. The average molecular weight is 244 g/mol. The van der Waals surface area contributed by atoms with Gasteiger partial charge in [-0.3, -0.25) is 4.79 Å². The summed E-state index contributed by atoms with van der Waals surface area (Å²) < 4.78 is 5.02. The van der Waals surface area contributed by atoms with E-state index in [1.165, 1.54) is 11.8 Å². The lowest BCUT2D eigenvalue weighted by Crippen LogP contribution is -2.13. The van der Waals surface area contributed by atoms with E-state index >= 15 is 0 Å². The van der Waals surface area contributed by atoms with Crippen molar-refractivity contribution in [3.8, 4) is 0 Å². The van der Waals surface area contributed by atoms with Crippen molar-refractivity contribution in [2.24, 2.45) is 0 Å². The van der Waals surface area contributed by atoms with Crippen LogP contribution in [0.3, 0.4) is 0 Å². The number of anilines is 1. The SMILES string of the molecule is CNC(C)c1ccc(NC(=O)c2ccco2)cc1. The van der Waals surface area contributed by atoms with Crippen LogP contribution in [0.1, 0.15) is 29.1 Å². The molecule has 0 aliphatic carbocycles. The minimum atomic E-state index is -0.241. The van der Waals surface area contributed by atoms with Crippen molar-refractivity contribution in [2.45, 2.75) is 13.0 Å². The number of hydrogen-bond donors (Lipinski definition) is 2. The van der Waals surface area contributed by atoms with Crippen molar-refractivity contribution in [2.75, 3.05) is 12.4 Å². The molecule has 1 aromatic heterocycles. The zero-order valence-corrected chi connectivity index (χ0v) is 10.4. The molecule has 0 spiro atoms. The van der Waals surface area contributed by atoms with Crippen molar-refractivity contribution in [3.05, 3.63) is 54.0 Å². The topological polar surface area (TPSA) is 54.3 Å². The molecule has 0 radical (unpaired) electrons. The van der Waals surface area contributed by atoms with E-state index in [9.17, 15) is 4.79 Å². The van der Waals surface area contributed by atoms with Gasteiger partial charge in [-0.25, -0.2) is 0 Å². The second kappa shape index (κ2) is 5.51. The van der Waals surface area contributed by atoms with Crippen LogP contribution < -0.4 is 10.6 Å². The fraction of sp³-hybridized carbons (Fsp3) is 0.214. The number of benzene rings is 1. The molecule has 2 N–H and O–H groups in total. The van der Waals surface area contributed by atoms with Crippen molar-refractivity contribution >= 4 is 11.6 Å². The minimum Gasteiger partial charge on any atom is -0.459 e. The molecule has 1 atom stereocenters. The summed E-state index contributed by atoms with van der Waals surface area (Å²) >= 11 is 0. The Balaban J connectivity index is 2.04. The van der Waals surface area contributed by atoms with E-state index < -0.39 is 0 Å². The van der Waals surface area contributed by atoms with Gasteiger partial charge in [0.1, 0.15) is 0 Å². The normalized spacial score (nSPS) is 12.1. The molecular weight excluding hydrogens is 228 g/mol. The van der Waals surface area contributed by atoms with Gasteiger partial charge < -0.3 is 15.1 Å². The summed E-state index contributed by atoms with van der Waals surface area (Å²) in [5.41, 5.74) is 1.93. The molecule has 18 heavy (non-hydrogen) atoms. The lowest BCUT2D eigenvalue weighted by molar-refractivity contribution is 0.0996. The van der Waals surface area contributed by atoms with Gasteiger partial charge in [-0.2, -0.15) is 0 Å². The van der Waals surface area contributed by atoms with E-state index in [0.717, 1.165) is 5.69 Å². The van der Waals surface area contributed by atoms with Crippen LogP contribution in [0.2, 0.25) is 0 Å². The monoisotopic (exact) mass is 244 g/mol. The molecule has 4 heteroatoms. The third kappa shape index (κ3) is 2.78. The van der Waals surface area contributed by atoms with Crippen molar-refractivity contribution in [3.63, 3.8) is 0 Å². The van der Waals surface area contributed by atoms with Gasteiger partial charge in [0.2, 0.25) is 0 Å². The Morgan fingerprint density at radius 3 is 2.50 bits per heavy atom. The summed E-state index contributed by atoms with van der Waals surface area (Å²) in [5.74, 6) is 0.0667. The number of carbonyl (C=O) groups is 1. The van der Waals surface area contributed by atoms with Crippen LogP contribution in [-0.4, -0.2) is 13.0 Å². The number of carbonyl (C=O) groups excluding carboxylic acids is 1. The number of nitrogens with one attached hydrogen (secondary N) is 2. The summed E-state index contributed by atoms with van der Waals surface area (Å²) in [6, 6.07) is 11.3. The first-order chi connectivity index (χ1) is 8.70. The van der Waals surface area contributed by atoms with E-state index in [0.29, 0.717) is 11.8 Å². The van der Waals surface area contributed by atoms with Crippen LogP contribution in [0.15, 0.2) is 47.1 Å². The van der Waals surface area contributed by atoms with Gasteiger partial charge in [0.25, 0.3) is 5.91 Å². The fourth-order valence-corrected chi connectivity index (χ4v) is 1.62. The predicted octanol–water partition coefficient (Wildman–Crippen LogP) is 2.81. The molecule has 0 bridgehead atoms. The van der Waals surface area contributed by atoms with Crippen molar-refractivity contribution in [1.82, 2.24) is 5.32 Å². The Hall–Kier alpha value is -2.07. The zero-order chi connectivity index (χ0) is 13.0. The molecule has 0 aliphatic heterocycles. The first kappa shape index (κ1) is 12.4. The quantitative estimate of drug-likeness (QED) is 0.869. The van der Waals surface area contributed by atoms with Crippen LogP contribution in [0.4, 0.5) is 5.69 Å². The third-order valence-corrected chi connectivity index (χ3v) is 2.85. The second-order valence-corrected chi connectivity index (χ2v) is 4.06. The zero-order valence-electron chi connectivity index (χ0n) is 10.4. The summed E-state index contributed by atoms with van der Waals surface area (Å²) in [4.78, 5) is 11.7. The summed E-state index contributed by atoms with van der Waals surface area (Å²) in [6.45, 7) is 2.08. The number of hydrogen-bond acceptors (Lipinski definition) is 3. The van der Waals surface area contributed by atoms with Crippen LogP contribution >= 0.6 is 0 Å². The smallest absolute Gasteiger partial charge is 0.291 e. The highest BCUT2D eigenvalue weighted by molar-refractivity contribution is 6.02. The molecule has 0 saturated carbocycles. The molecular formula is C14H16N2O2. The van der Waals surface area contributed by atoms with E-state index in [1.54, 1.807) is 12.1 Å². The van der Waals surface area contributed by atoms with Gasteiger partial charge >= 0.3 is 0 Å². The van der Waals surface area contributed by atoms with Crippen LogP contribution in [0.25, 0.3) is 0 Å². The van der Waals surface area contributed by atoms with Crippen LogP contribution in [0, 0.1) is 0 Å². The van der Waals surface area contributed by atoms with Crippen molar-refractivity contribution in [1.29, 1.82) is 0 Å².